The number of hydrogen-bond donors (Lipinski definition) is 2. The molecule has 78 valence electrons. The minimum Gasteiger partial charge on any atom is -0.396 e. The molecule has 3 N–H and O–H groups in total. The summed E-state index contributed by atoms with van der Waals surface area (Å²) in [6.07, 6.45) is 0.467. The number of nitrogens with two attached hydrogens (primary N) is 1. The number of aliphatic hydroxyl groups excluding tert-OH is 1. The van der Waals surface area contributed by atoms with Crippen LogP contribution in [-0.4, -0.2) is 11.7 Å². The lowest BCUT2D eigenvalue weighted by atomic mass is 9.90. The van der Waals surface area contributed by atoms with Crippen molar-refractivity contribution in [2.45, 2.75) is 18.9 Å². The molecule has 0 aliphatic rings. The van der Waals surface area contributed by atoms with Gasteiger partial charge in [-0.3, -0.25) is 0 Å². The third kappa shape index (κ3) is 2.65. The molecule has 1 aromatic carbocycles. The first-order valence-corrected chi connectivity index (χ1v) is 5.40. The average Bonchev–Trinajstić information content (AvgIpc) is 2.02. The zero-order valence-corrected chi connectivity index (χ0v) is 10.1. The summed E-state index contributed by atoms with van der Waals surface area (Å²) in [4.78, 5) is 0. The molecule has 0 saturated carbocycles. The first-order valence-electron chi connectivity index (χ1n) is 4.32. The molecule has 1 aromatic rings. The summed E-state index contributed by atoms with van der Waals surface area (Å²) in [5.41, 5.74) is 6.28. The standard InChI is InChI=1S/C10H13FINO/c1-10(13,4-5-14)8-3-2-7(11)6-9(8)12/h2-3,6,14H,4-5,13H2,1H3/t10-/m0/s1. The van der Waals surface area contributed by atoms with Crippen LogP contribution in [0.1, 0.15) is 18.9 Å². The molecule has 2 nitrogen and oxygen atoms in total. The summed E-state index contributed by atoms with van der Waals surface area (Å²) in [5, 5.41) is 8.85. The molecular weight excluding hydrogens is 296 g/mol. The van der Waals surface area contributed by atoms with Crippen molar-refractivity contribution in [3.05, 3.63) is 33.1 Å². The predicted molar refractivity (Wildman–Crippen MR) is 62.4 cm³/mol. The van der Waals surface area contributed by atoms with Gasteiger partial charge in [-0.1, -0.05) is 6.07 Å². The highest BCUT2D eigenvalue weighted by Crippen LogP contribution is 2.26. The van der Waals surface area contributed by atoms with Crippen LogP contribution in [0.25, 0.3) is 0 Å². The zero-order chi connectivity index (χ0) is 10.8. The fraction of sp³-hybridized carbons (Fsp3) is 0.400. The fourth-order valence-electron chi connectivity index (χ4n) is 1.32. The molecule has 0 amide bonds. The summed E-state index contributed by atoms with van der Waals surface area (Å²) < 4.78 is 13.6. The maximum absolute atomic E-state index is 12.8. The number of benzene rings is 1. The van der Waals surface area contributed by atoms with Crippen molar-refractivity contribution in [1.29, 1.82) is 0 Å². The van der Waals surface area contributed by atoms with Gasteiger partial charge >= 0.3 is 0 Å². The van der Waals surface area contributed by atoms with Crippen LogP contribution in [0.2, 0.25) is 0 Å². The number of rotatable bonds is 3. The van der Waals surface area contributed by atoms with Crippen LogP contribution in [0.5, 0.6) is 0 Å². The van der Waals surface area contributed by atoms with Gasteiger partial charge in [-0.15, -0.1) is 0 Å². The van der Waals surface area contributed by atoms with E-state index in [4.69, 9.17) is 10.8 Å². The van der Waals surface area contributed by atoms with Gasteiger partial charge in [0.25, 0.3) is 0 Å². The van der Waals surface area contributed by atoms with Gasteiger partial charge in [-0.25, -0.2) is 4.39 Å². The quantitative estimate of drug-likeness (QED) is 0.839. The minimum absolute atomic E-state index is 0.0282. The highest BCUT2D eigenvalue weighted by atomic mass is 127. The lowest BCUT2D eigenvalue weighted by molar-refractivity contribution is 0.247. The topological polar surface area (TPSA) is 46.2 Å². The third-order valence-corrected chi connectivity index (χ3v) is 3.07. The lowest BCUT2D eigenvalue weighted by Gasteiger charge is -2.25. The van der Waals surface area contributed by atoms with Crippen molar-refractivity contribution in [3.63, 3.8) is 0 Å². The second kappa shape index (κ2) is 4.55. The molecule has 0 saturated heterocycles. The molecule has 0 fully saturated rings. The summed E-state index contributed by atoms with van der Waals surface area (Å²) in [5.74, 6) is -0.266. The zero-order valence-electron chi connectivity index (χ0n) is 7.93. The van der Waals surface area contributed by atoms with E-state index in [1.165, 1.54) is 12.1 Å². The van der Waals surface area contributed by atoms with Crippen molar-refractivity contribution in [1.82, 2.24) is 0 Å². The molecule has 0 bridgehead atoms. The van der Waals surface area contributed by atoms with E-state index in [2.05, 4.69) is 0 Å². The number of hydrogen-bond acceptors (Lipinski definition) is 2. The SMILES string of the molecule is C[C@](N)(CCO)c1ccc(F)cc1I. The van der Waals surface area contributed by atoms with Gasteiger partial charge < -0.3 is 10.8 Å². The predicted octanol–water partition coefficient (Wildman–Crippen LogP) is 1.99. The van der Waals surface area contributed by atoms with Crippen LogP contribution < -0.4 is 5.73 Å². The Morgan fingerprint density at radius 2 is 2.21 bits per heavy atom. The van der Waals surface area contributed by atoms with E-state index in [1.807, 2.05) is 29.5 Å². The number of halogens is 2. The Balaban J connectivity index is 3.06. The summed E-state index contributed by atoms with van der Waals surface area (Å²) in [6.45, 7) is 1.86. The van der Waals surface area contributed by atoms with Gasteiger partial charge in [-0.2, -0.15) is 0 Å². The summed E-state index contributed by atoms with van der Waals surface area (Å²) >= 11 is 2.05. The summed E-state index contributed by atoms with van der Waals surface area (Å²) in [6, 6.07) is 4.51. The van der Waals surface area contributed by atoms with E-state index in [0.717, 1.165) is 9.13 Å². The molecule has 0 spiro atoms. The second-order valence-electron chi connectivity index (χ2n) is 3.52. The van der Waals surface area contributed by atoms with Gasteiger partial charge in [0.05, 0.1) is 0 Å². The highest BCUT2D eigenvalue weighted by molar-refractivity contribution is 14.1. The third-order valence-electron chi connectivity index (χ3n) is 2.18. The van der Waals surface area contributed by atoms with Gasteiger partial charge in [0, 0.05) is 15.7 Å². The average molecular weight is 309 g/mol. The van der Waals surface area contributed by atoms with Gasteiger partial charge in [0.2, 0.25) is 0 Å². The van der Waals surface area contributed by atoms with E-state index in [9.17, 15) is 4.39 Å². The molecule has 1 rings (SSSR count). The molecular formula is C10H13FINO. The molecule has 0 aliphatic heterocycles. The first kappa shape index (κ1) is 11.9. The van der Waals surface area contributed by atoms with Crippen LogP contribution in [0.3, 0.4) is 0 Å². The Hall–Kier alpha value is -0.200. The Labute approximate surface area is 96.5 Å². The summed E-state index contributed by atoms with van der Waals surface area (Å²) in [7, 11) is 0. The van der Waals surface area contributed by atoms with Crippen molar-refractivity contribution in [2.75, 3.05) is 6.61 Å². The van der Waals surface area contributed by atoms with Crippen molar-refractivity contribution in [3.8, 4) is 0 Å². The van der Waals surface area contributed by atoms with Crippen LogP contribution in [0, 0.1) is 9.39 Å². The van der Waals surface area contributed by atoms with Gasteiger partial charge in [0.1, 0.15) is 5.82 Å². The monoisotopic (exact) mass is 309 g/mol. The Morgan fingerprint density at radius 1 is 1.57 bits per heavy atom. The molecule has 0 unspecified atom stereocenters. The largest absolute Gasteiger partial charge is 0.396 e. The minimum atomic E-state index is -0.598. The second-order valence-corrected chi connectivity index (χ2v) is 4.68. The molecule has 1 atom stereocenters. The Kier molecular flexibility index (Phi) is 3.86. The van der Waals surface area contributed by atoms with Crippen molar-refractivity contribution < 1.29 is 9.50 Å². The van der Waals surface area contributed by atoms with Gasteiger partial charge in [0.15, 0.2) is 0 Å². The molecule has 14 heavy (non-hydrogen) atoms. The van der Waals surface area contributed by atoms with E-state index in [0.29, 0.717) is 6.42 Å². The first-order chi connectivity index (χ1) is 6.47. The maximum Gasteiger partial charge on any atom is 0.124 e. The van der Waals surface area contributed by atoms with Crippen molar-refractivity contribution >= 4 is 22.6 Å². The van der Waals surface area contributed by atoms with Gasteiger partial charge in [-0.05, 0) is 53.6 Å². The Morgan fingerprint density at radius 3 is 2.71 bits per heavy atom. The van der Waals surface area contributed by atoms with Crippen molar-refractivity contribution in [2.24, 2.45) is 5.73 Å². The number of aliphatic hydroxyl groups is 1. The lowest BCUT2D eigenvalue weighted by Crippen LogP contribution is -2.34. The van der Waals surface area contributed by atoms with E-state index < -0.39 is 5.54 Å². The smallest absolute Gasteiger partial charge is 0.124 e. The van der Waals surface area contributed by atoms with Crippen LogP contribution >= 0.6 is 22.6 Å². The van der Waals surface area contributed by atoms with Crippen LogP contribution in [-0.2, 0) is 5.54 Å². The van der Waals surface area contributed by atoms with Crippen LogP contribution in [0.4, 0.5) is 4.39 Å². The van der Waals surface area contributed by atoms with E-state index in [1.54, 1.807) is 6.07 Å². The maximum atomic E-state index is 12.8. The van der Waals surface area contributed by atoms with E-state index in [-0.39, 0.29) is 12.4 Å². The fourth-order valence-corrected chi connectivity index (χ4v) is 2.41. The molecule has 0 heterocycles. The molecule has 0 aliphatic carbocycles. The van der Waals surface area contributed by atoms with E-state index >= 15 is 0 Å². The molecule has 0 aromatic heterocycles. The normalized spacial score (nSPS) is 15.2. The highest BCUT2D eigenvalue weighted by Gasteiger charge is 2.22. The van der Waals surface area contributed by atoms with Crippen LogP contribution in [0.15, 0.2) is 18.2 Å². The Bertz CT molecular complexity index is 328. The molecule has 4 heteroatoms. The molecule has 0 radical (unpaired) electrons.